The van der Waals surface area contributed by atoms with Gasteiger partial charge in [0.15, 0.2) is 0 Å². The van der Waals surface area contributed by atoms with Gasteiger partial charge in [0.2, 0.25) is 0 Å². The average Bonchev–Trinajstić information content (AvgIpc) is 2.54. The highest BCUT2D eigenvalue weighted by Gasteiger charge is 2.29. The van der Waals surface area contributed by atoms with Crippen molar-refractivity contribution in [3.8, 4) is 0 Å². The predicted molar refractivity (Wildman–Crippen MR) is 86.3 cm³/mol. The zero-order chi connectivity index (χ0) is 16.4. The SMILES string of the molecule is CCOC(=O)[C@@](C)(C=C[C@@H](O)COCc1ccccc1)CC. The molecule has 4 nitrogen and oxygen atoms in total. The van der Waals surface area contributed by atoms with Gasteiger partial charge in [-0.1, -0.05) is 49.4 Å². The number of ether oxygens (including phenoxy) is 2. The minimum Gasteiger partial charge on any atom is -0.465 e. The molecule has 0 bridgehead atoms. The lowest BCUT2D eigenvalue weighted by Gasteiger charge is -2.22. The Morgan fingerprint density at radius 2 is 2.00 bits per heavy atom. The van der Waals surface area contributed by atoms with Gasteiger partial charge < -0.3 is 14.6 Å². The quantitative estimate of drug-likeness (QED) is 0.562. The lowest BCUT2D eigenvalue weighted by Crippen LogP contribution is -2.28. The summed E-state index contributed by atoms with van der Waals surface area (Å²) in [6.07, 6.45) is 3.18. The fraction of sp³-hybridized carbons (Fsp3) is 0.500. The normalized spacial score (nSPS) is 15.5. The third-order valence-electron chi connectivity index (χ3n) is 3.56. The lowest BCUT2D eigenvalue weighted by atomic mass is 9.87. The second-order valence-electron chi connectivity index (χ2n) is 5.42. The van der Waals surface area contributed by atoms with Crippen LogP contribution in [0.2, 0.25) is 0 Å². The fourth-order valence-corrected chi connectivity index (χ4v) is 1.88. The van der Waals surface area contributed by atoms with Gasteiger partial charge in [-0.25, -0.2) is 0 Å². The lowest BCUT2D eigenvalue weighted by molar-refractivity contribution is -0.151. The van der Waals surface area contributed by atoms with Crippen LogP contribution in [0, 0.1) is 5.41 Å². The number of hydrogen-bond acceptors (Lipinski definition) is 4. The van der Waals surface area contributed by atoms with E-state index in [1.54, 1.807) is 26.0 Å². The van der Waals surface area contributed by atoms with Crippen LogP contribution in [0.1, 0.15) is 32.8 Å². The van der Waals surface area contributed by atoms with Crippen LogP contribution in [0.25, 0.3) is 0 Å². The van der Waals surface area contributed by atoms with Gasteiger partial charge >= 0.3 is 5.97 Å². The van der Waals surface area contributed by atoms with Crippen LogP contribution >= 0.6 is 0 Å². The second-order valence-corrected chi connectivity index (χ2v) is 5.42. The first kappa shape index (κ1) is 18.4. The summed E-state index contributed by atoms with van der Waals surface area (Å²) in [7, 11) is 0. The van der Waals surface area contributed by atoms with Crippen molar-refractivity contribution in [1.82, 2.24) is 0 Å². The Kier molecular flexibility index (Phi) is 7.85. The minimum atomic E-state index is -0.746. The van der Waals surface area contributed by atoms with E-state index in [-0.39, 0.29) is 12.6 Å². The highest BCUT2D eigenvalue weighted by molar-refractivity contribution is 5.78. The van der Waals surface area contributed by atoms with E-state index in [4.69, 9.17) is 9.47 Å². The van der Waals surface area contributed by atoms with Crippen LogP contribution < -0.4 is 0 Å². The molecule has 0 heterocycles. The molecule has 0 aliphatic carbocycles. The van der Waals surface area contributed by atoms with Crippen molar-refractivity contribution in [3.05, 3.63) is 48.0 Å². The summed E-state index contributed by atoms with van der Waals surface area (Å²) in [4.78, 5) is 11.9. The number of hydrogen-bond donors (Lipinski definition) is 1. The molecule has 2 atom stereocenters. The Balaban J connectivity index is 2.45. The molecular formula is C18H26O4. The van der Waals surface area contributed by atoms with Crippen molar-refractivity contribution in [3.63, 3.8) is 0 Å². The first-order chi connectivity index (χ1) is 10.5. The highest BCUT2D eigenvalue weighted by atomic mass is 16.5. The predicted octanol–water partition coefficient (Wildman–Crippen LogP) is 3.10. The molecule has 0 radical (unpaired) electrons. The van der Waals surface area contributed by atoms with Crippen LogP contribution in [-0.2, 0) is 20.9 Å². The summed E-state index contributed by atoms with van der Waals surface area (Å²) >= 11 is 0. The van der Waals surface area contributed by atoms with Crippen LogP contribution in [0.3, 0.4) is 0 Å². The Morgan fingerprint density at radius 3 is 2.59 bits per heavy atom. The van der Waals surface area contributed by atoms with Crippen molar-refractivity contribution in [2.45, 2.75) is 39.9 Å². The summed E-state index contributed by atoms with van der Waals surface area (Å²) in [5.74, 6) is -0.272. The molecule has 1 aromatic rings. The molecule has 0 unspecified atom stereocenters. The maximum absolute atomic E-state index is 11.9. The topological polar surface area (TPSA) is 55.8 Å². The van der Waals surface area contributed by atoms with Gasteiger partial charge in [-0.05, 0) is 25.8 Å². The van der Waals surface area contributed by atoms with Gasteiger partial charge in [0, 0.05) is 0 Å². The van der Waals surface area contributed by atoms with Gasteiger partial charge in [-0.15, -0.1) is 0 Å². The molecule has 0 fully saturated rings. The van der Waals surface area contributed by atoms with Gasteiger partial charge in [0.25, 0.3) is 0 Å². The number of carbonyl (C=O) groups is 1. The molecule has 0 spiro atoms. The highest BCUT2D eigenvalue weighted by Crippen LogP contribution is 2.25. The molecule has 0 aromatic heterocycles. The first-order valence-electron chi connectivity index (χ1n) is 7.68. The Bertz CT molecular complexity index is 469. The third kappa shape index (κ3) is 6.00. The third-order valence-corrected chi connectivity index (χ3v) is 3.56. The van der Waals surface area contributed by atoms with E-state index < -0.39 is 11.5 Å². The molecule has 1 rings (SSSR count). The van der Waals surface area contributed by atoms with Crippen LogP contribution in [0.15, 0.2) is 42.5 Å². The average molecular weight is 306 g/mol. The minimum absolute atomic E-state index is 0.189. The Labute approximate surface area is 132 Å². The van der Waals surface area contributed by atoms with Crippen molar-refractivity contribution < 1.29 is 19.4 Å². The van der Waals surface area contributed by atoms with Gasteiger partial charge in [-0.2, -0.15) is 0 Å². The number of esters is 1. The molecule has 122 valence electrons. The van der Waals surface area contributed by atoms with Crippen LogP contribution in [-0.4, -0.2) is 30.4 Å². The molecule has 0 amide bonds. The molecule has 0 aliphatic rings. The Hall–Kier alpha value is -1.65. The zero-order valence-corrected chi connectivity index (χ0v) is 13.6. The first-order valence-corrected chi connectivity index (χ1v) is 7.68. The molecule has 0 saturated carbocycles. The number of aliphatic hydroxyl groups is 1. The number of benzene rings is 1. The van der Waals surface area contributed by atoms with E-state index in [2.05, 4.69) is 0 Å². The van der Waals surface area contributed by atoms with E-state index in [1.165, 1.54) is 0 Å². The molecule has 1 N–H and O–H groups in total. The Morgan fingerprint density at radius 1 is 1.32 bits per heavy atom. The monoisotopic (exact) mass is 306 g/mol. The van der Waals surface area contributed by atoms with Crippen molar-refractivity contribution in [1.29, 1.82) is 0 Å². The largest absolute Gasteiger partial charge is 0.465 e. The van der Waals surface area contributed by atoms with Crippen LogP contribution in [0.4, 0.5) is 0 Å². The number of rotatable bonds is 9. The summed E-state index contributed by atoms with van der Waals surface area (Å²) < 4.78 is 10.5. The maximum Gasteiger partial charge on any atom is 0.315 e. The van der Waals surface area contributed by atoms with E-state index in [0.29, 0.717) is 19.6 Å². The van der Waals surface area contributed by atoms with E-state index in [1.807, 2.05) is 37.3 Å². The zero-order valence-electron chi connectivity index (χ0n) is 13.6. The van der Waals surface area contributed by atoms with E-state index in [9.17, 15) is 9.90 Å². The fourth-order valence-electron chi connectivity index (χ4n) is 1.88. The van der Waals surface area contributed by atoms with E-state index >= 15 is 0 Å². The van der Waals surface area contributed by atoms with Crippen molar-refractivity contribution >= 4 is 5.97 Å². The van der Waals surface area contributed by atoms with Crippen molar-refractivity contribution in [2.75, 3.05) is 13.2 Å². The summed E-state index contributed by atoms with van der Waals surface area (Å²) in [5, 5.41) is 9.93. The summed E-state index contributed by atoms with van der Waals surface area (Å²) in [6.45, 7) is 6.50. The number of carbonyl (C=O) groups excluding carboxylic acids is 1. The molecule has 0 aliphatic heterocycles. The summed E-state index contributed by atoms with van der Waals surface area (Å²) in [6, 6.07) is 9.78. The molecular weight excluding hydrogens is 280 g/mol. The standard InChI is InChI=1S/C18H26O4/c1-4-18(3,17(20)22-5-2)12-11-16(19)14-21-13-15-9-7-6-8-10-15/h6-12,16,19H,4-5,13-14H2,1-3H3/t16-,18-/m1/s1. The molecule has 1 aromatic carbocycles. The number of aliphatic hydroxyl groups excluding tert-OH is 1. The molecule has 22 heavy (non-hydrogen) atoms. The van der Waals surface area contributed by atoms with Gasteiger partial charge in [0.05, 0.1) is 31.3 Å². The maximum atomic E-state index is 11.9. The molecule has 0 saturated heterocycles. The van der Waals surface area contributed by atoms with Crippen molar-refractivity contribution in [2.24, 2.45) is 5.41 Å². The molecule has 4 heteroatoms. The van der Waals surface area contributed by atoms with Crippen LogP contribution in [0.5, 0.6) is 0 Å². The second kappa shape index (κ2) is 9.38. The van der Waals surface area contributed by atoms with E-state index in [0.717, 1.165) is 5.56 Å². The van der Waals surface area contributed by atoms with Gasteiger partial charge in [-0.3, -0.25) is 4.79 Å². The van der Waals surface area contributed by atoms with Gasteiger partial charge in [0.1, 0.15) is 0 Å². The summed E-state index contributed by atoms with van der Waals surface area (Å²) in [5.41, 5.74) is 0.347. The smallest absolute Gasteiger partial charge is 0.315 e.